The lowest BCUT2D eigenvalue weighted by molar-refractivity contribution is -0.116. The third kappa shape index (κ3) is 6.06. The largest absolute Gasteiger partial charge is 0.372 e. The summed E-state index contributed by atoms with van der Waals surface area (Å²) in [6, 6.07) is 6.21. The summed E-state index contributed by atoms with van der Waals surface area (Å²) in [6.07, 6.45) is 0.481. The predicted molar refractivity (Wildman–Crippen MR) is 95.7 cm³/mol. The summed E-state index contributed by atoms with van der Waals surface area (Å²) < 4.78 is 0. The van der Waals surface area contributed by atoms with Crippen LogP contribution in [0.15, 0.2) is 18.2 Å². The molecule has 1 aromatic rings. The van der Waals surface area contributed by atoms with Gasteiger partial charge in [0.25, 0.3) is 0 Å². The van der Waals surface area contributed by atoms with Gasteiger partial charge >= 0.3 is 0 Å². The van der Waals surface area contributed by atoms with Crippen LogP contribution in [-0.4, -0.2) is 31.1 Å². The summed E-state index contributed by atoms with van der Waals surface area (Å²) >= 11 is 0. The third-order valence-electron chi connectivity index (χ3n) is 3.62. The minimum Gasteiger partial charge on any atom is -0.372 e. The topological polar surface area (TPSA) is 44.4 Å². The van der Waals surface area contributed by atoms with Crippen LogP contribution in [0, 0.1) is 6.92 Å². The van der Waals surface area contributed by atoms with Crippen molar-refractivity contribution >= 4 is 17.3 Å². The minimum absolute atomic E-state index is 0.0433. The number of nitrogens with one attached hydrogen (secondary N) is 2. The number of carbonyl (C=O) groups is 1. The Morgan fingerprint density at radius 2 is 1.82 bits per heavy atom. The van der Waals surface area contributed by atoms with Gasteiger partial charge in [0.15, 0.2) is 0 Å². The molecule has 4 heteroatoms. The molecule has 1 rings (SSSR count). The fraction of sp³-hybridized carbons (Fsp3) is 0.611. The average Bonchev–Trinajstić information content (AvgIpc) is 2.41. The predicted octanol–water partition coefficient (Wildman–Crippen LogP) is 3.56. The van der Waals surface area contributed by atoms with Crippen LogP contribution in [-0.2, 0) is 4.79 Å². The summed E-state index contributed by atoms with van der Waals surface area (Å²) in [5.74, 6) is 0.0513. The molecule has 0 saturated heterocycles. The molecular weight excluding hydrogens is 274 g/mol. The highest BCUT2D eigenvalue weighted by Gasteiger charge is 2.11. The van der Waals surface area contributed by atoms with Gasteiger partial charge < -0.3 is 15.5 Å². The van der Waals surface area contributed by atoms with Gasteiger partial charge in [0.2, 0.25) is 5.91 Å². The summed E-state index contributed by atoms with van der Waals surface area (Å²) in [7, 11) is 0. The number of hydrogen-bond acceptors (Lipinski definition) is 3. The van der Waals surface area contributed by atoms with E-state index in [0.717, 1.165) is 24.3 Å². The molecule has 0 radical (unpaired) electrons. The van der Waals surface area contributed by atoms with Gasteiger partial charge in [-0.25, -0.2) is 0 Å². The van der Waals surface area contributed by atoms with E-state index in [1.54, 1.807) is 0 Å². The number of anilines is 2. The Hall–Kier alpha value is -1.55. The quantitative estimate of drug-likeness (QED) is 0.809. The van der Waals surface area contributed by atoms with Crippen LogP contribution in [0.3, 0.4) is 0 Å². The molecule has 0 spiro atoms. The highest BCUT2D eigenvalue weighted by Crippen LogP contribution is 2.22. The smallest absolute Gasteiger partial charge is 0.225 e. The maximum Gasteiger partial charge on any atom is 0.225 e. The molecule has 0 unspecified atom stereocenters. The average molecular weight is 305 g/mol. The lowest BCUT2D eigenvalue weighted by Gasteiger charge is -2.22. The first-order valence-corrected chi connectivity index (χ1v) is 8.17. The van der Waals surface area contributed by atoms with Gasteiger partial charge in [-0.05, 0) is 65.3 Å². The van der Waals surface area contributed by atoms with Crippen LogP contribution in [0.4, 0.5) is 11.4 Å². The lowest BCUT2D eigenvalue weighted by Crippen LogP contribution is -2.37. The summed E-state index contributed by atoms with van der Waals surface area (Å²) in [5.41, 5.74) is 3.25. The van der Waals surface area contributed by atoms with Crippen molar-refractivity contribution in [1.82, 2.24) is 5.32 Å². The molecule has 4 nitrogen and oxygen atoms in total. The first kappa shape index (κ1) is 18.5. The van der Waals surface area contributed by atoms with E-state index < -0.39 is 0 Å². The van der Waals surface area contributed by atoms with Crippen LogP contribution in [0.25, 0.3) is 0 Å². The number of carbonyl (C=O) groups excluding carboxylic acids is 1. The number of rotatable bonds is 7. The first-order valence-electron chi connectivity index (χ1n) is 8.17. The second kappa shape index (κ2) is 8.18. The number of hydrogen-bond donors (Lipinski definition) is 2. The number of amides is 1. The molecule has 1 amide bonds. The van der Waals surface area contributed by atoms with Crippen LogP contribution >= 0.6 is 0 Å². The first-order chi connectivity index (χ1) is 10.3. The number of nitrogens with zero attached hydrogens (tertiary/aromatic N) is 1. The van der Waals surface area contributed by atoms with Crippen molar-refractivity contribution in [3.63, 3.8) is 0 Å². The summed E-state index contributed by atoms with van der Waals surface area (Å²) in [4.78, 5) is 14.3. The molecule has 0 aliphatic heterocycles. The highest BCUT2D eigenvalue weighted by molar-refractivity contribution is 5.91. The standard InChI is InChI=1S/C18H31N3O/c1-7-21(8-2)15-9-10-16(14(3)13-15)20-17(22)11-12-19-18(4,5)6/h9-10,13,19H,7-8,11-12H2,1-6H3,(H,20,22). The molecule has 0 aliphatic carbocycles. The second-order valence-corrected chi connectivity index (χ2v) is 6.65. The van der Waals surface area contributed by atoms with Crippen molar-refractivity contribution in [3.05, 3.63) is 23.8 Å². The summed E-state index contributed by atoms with van der Waals surface area (Å²) in [5, 5.41) is 6.33. The molecule has 124 valence electrons. The maximum atomic E-state index is 12.0. The van der Waals surface area contributed by atoms with E-state index in [0.29, 0.717) is 13.0 Å². The molecule has 22 heavy (non-hydrogen) atoms. The molecule has 2 N–H and O–H groups in total. The molecule has 0 bridgehead atoms. The van der Waals surface area contributed by atoms with Gasteiger partial charge in [-0.3, -0.25) is 4.79 Å². The molecule has 0 saturated carbocycles. The Kier molecular flexibility index (Phi) is 6.88. The molecule has 0 heterocycles. The van der Waals surface area contributed by atoms with Gasteiger partial charge in [0.05, 0.1) is 0 Å². The molecular formula is C18H31N3O. The van der Waals surface area contributed by atoms with Crippen LogP contribution in [0.2, 0.25) is 0 Å². The Labute approximate surface area is 135 Å². The van der Waals surface area contributed by atoms with Crippen molar-refractivity contribution in [2.24, 2.45) is 0 Å². The fourth-order valence-electron chi connectivity index (χ4n) is 2.34. The van der Waals surface area contributed by atoms with Crippen molar-refractivity contribution in [2.45, 2.75) is 53.5 Å². The van der Waals surface area contributed by atoms with Crippen LogP contribution in [0.1, 0.15) is 46.6 Å². The van der Waals surface area contributed by atoms with Gasteiger partial charge in [0.1, 0.15) is 0 Å². The van der Waals surface area contributed by atoms with E-state index in [1.807, 2.05) is 13.0 Å². The van der Waals surface area contributed by atoms with Crippen molar-refractivity contribution < 1.29 is 4.79 Å². The highest BCUT2D eigenvalue weighted by atomic mass is 16.1. The Balaban J connectivity index is 2.61. The number of benzene rings is 1. The zero-order valence-electron chi connectivity index (χ0n) is 14.9. The van der Waals surface area contributed by atoms with Crippen molar-refractivity contribution in [1.29, 1.82) is 0 Å². The fourth-order valence-corrected chi connectivity index (χ4v) is 2.34. The molecule has 0 fully saturated rings. The van der Waals surface area contributed by atoms with Crippen LogP contribution in [0.5, 0.6) is 0 Å². The SMILES string of the molecule is CCN(CC)c1ccc(NC(=O)CCNC(C)(C)C)c(C)c1. The van der Waals surface area contributed by atoms with E-state index in [9.17, 15) is 4.79 Å². The summed E-state index contributed by atoms with van der Waals surface area (Å²) in [6.45, 7) is 15.3. The van der Waals surface area contributed by atoms with Gasteiger partial charge in [-0.15, -0.1) is 0 Å². The van der Waals surface area contributed by atoms with E-state index in [1.165, 1.54) is 5.69 Å². The zero-order chi connectivity index (χ0) is 16.8. The van der Waals surface area contributed by atoms with Crippen molar-refractivity contribution in [2.75, 3.05) is 29.9 Å². The molecule has 0 aromatic heterocycles. The Morgan fingerprint density at radius 3 is 2.32 bits per heavy atom. The molecule has 1 aromatic carbocycles. The maximum absolute atomic E-state index is 12.0. The Bertz CT molecular complexity index is 488. The monoisotopic (exact) mass is 305 g/mol. The molecule has 0 aliphatic rings. The normalized spacial score (nSPS) is 11.4. The van der Waals surface area contributed by atoms with E-state index >= 15 is 0 Å². The van der Waals surface area contributed by atoms with E-state index in [4.69, 9.17) is 0 Å². The second-order valence-electron chi connectivity index (χ2n) is 6.65. The van der Waals surface area contributed by atoms with Gasteiger partial charge in [0, 0.05) is 43.0 Å². The van der Waals surface area contributed by atoms with Crippen molar-refractivity contribution in [3.8, 4) is 0 Å². The minimum atomic E-state index is 0.0433. The molecule has 0 atom stereocenters. The lowest BCUT2D eigenvalue weighted by atomic mass is 10.1. The van der Waals surface area contributed by atoms with Crippen LogP contribution < -0.4 is 15.5 Å². The van der Waals surface area contributed by atoms with E-state index in [2.05, 4.69) is 62.3 Å². The van der Waals surface area contributed by atoms with Gasteiger partial charge in [-0.1, -0.05) is 0 Å². The Morgan fingerprint density at radius 1 is 1.18 bits per heavy atom. The number of aryl methyl sites for hydroxylation is 1. The third-order valence-corrected chi connectivity index (χ3v) is 3.62. The zero-order valence-corrected chi connectivity index (χ0v) is 14.9. The van der Waals surface area contributed by atoms with Gasteiger partial charge in [-0.2, -0.15) is 0 Å². The van der Waals surface area contributed by atoms with E-state index in [-0.39, 0.29) is 11.4 Å².